The molecular weight excluding hydrogens is 560 g/mol. The molecule has 1 saturated heterocycles. The Labute approximate surface area is 209 Å². The van der Waals surface area contributed by atoms with Crippen molar-refractivity contribution in [2.24, 2.45) is 0 Å². The lowest BCUT2D eigenvalue weighted by Gasteiger charge is -2.91. The Balaban J connectivity index is 4.70. The molecule has 0 aromatic heterocycles. The van der Waals surface area contributed by atoms with Crippen molar-refractivity contribution in [3.05, 3.63) is 0 Å². The molecule has 0 amide bonds. The Bertz CT molecular complexity index is 571. The summed E-state index contributed by atoms with van der Waals surface area (Å²) in [6, 6.07) is 0. The van der Waals surface area contributed by atoms with Gasteiger partial charge in [0.05, 0.1) is 14.2 Å². The van der Waals surface area contributed by atoms with Gasteiger partial charge in [-0.05, 0) is 30.2 Å². The lowest BCUT2D eigenvalue weighted by Crippen LogP contribution is -3.12. The van der Waals surface area contributed by atoms with Crippen molar-refractivity contribution in [2.75, 3.05) is 0 Å². The molecule has 1 aliphatic heterocycles. The molecular formula is C24H54Br2Si4. The SMILES string of the molecule is CC(C)(C)[Si]1(Br)[Si](C(C)(C)C)(C(C)(C)C)[Si](Br)(C(C)(C)C)[Si]1(C(C)(C)C)C(C)(C)C. The normalized spacial score (nSPS) is 30.8. The third-order valence-electron chi connectivity index (χ3n) is 8.63. The van der Waals surface area contributed by atoms with Gasteiger partial charge in [-0.15, -0.1) is 30.6 Å². The van der Waals surface area contributed by atoms with Crippen molar-refractivity contribution in [2.45, 2.75) is 155 Å². The molecule has 1 fully saturated rings. The van der Waals surface area contributed by atoms with E-state index in [0.717, 1.165) is 0 Å². The maximum atomic E-state index is 5.01. The minimum absolute atomic E-state index is 0.335. The van der Waals surface area contributed by atoms with Crippen LogP contribution in [0.15, 0.2) is 0 Å². The highest BCUT2D eigenvalue weighted by Gasteiger charge is 3.00. The van der Waals surface area contributed by atoms with Crippen LogP contribution >= 0.6 is 30.6 Å². The average molecular weight is 615 g/mol. The Morgan fingerprint density at radius 1 is 0.300 bits per heavy atom. The third kappa shape index (κ3) is 2.94. The van der Waals surface area contributed by atoms with E-state index >= 15 is 0 Å². The van der Waals surface area contributed by atoms with E-state index in [0.29, 0.717) is 30.2 Å². The van der Waals surface area contributed by atoms with Crippen LogP contribution in [0.25, 0.3) is 0 Å². The van der Waals surface area contributed by atoms with Crippen LogP contribution in [-0.4, -0.2) is 25.7 Å². The van der Waals surface area contributed by atoms with Crippen LogP contribution in [0.4, 0.5) is 0 Å². The van der Waals surface area contributed by atoms with Crippen LogP contribution in [-0.2, 0) is 0 Å². The topological polar surface area (TPSA) is 0 Å². The predicted molar refractivity (Wildman–Crippen MR) is 159 cm³/mol. The molecule has 0 aromatic carbocycles. The van der Waals surface area contributed by atoms with E-state index in [1.54, 1.807) is 0 Å². The lowest BCUT2D eigenvalue weighted by atomic mass is 10.2. The summed E-state index contributed by atoms with van der Waals surface area (Å²) >= 11 is 10.0. The number of hydrogen-bond acceptors (Lipinski definition) is 0. The van der Waals surface area contributed by atoms with Gasteiger partial charge in [0.1, 0.15) is 11.5 Å². The van der Waals surface area contributed by atoms with Crippen LogP contribution in [0.1, 0.15) is 125 Å². The van der Waals surface area contributed by atoms with E-state index < -0.39 is 25.7 Å². The molecule has 1 aliphatic rings. The maximum Gasteiger partial charge on any atom is 0.119 e. The van der Waals surface area contributed by atoms with Crippen LogP contribution in [0.3, 0.4) is 0 Å². The van der Waals surface area contributed by atoms with Crippen molar-refractivity contribution >= 4 is 56.3 Å². The first kappa shape index (κ1) is 29.9. The second-order valence-electron chi connectivity index (χ2n) is 16.3. The summed E-state index contributed by atoms with van der Waals surface area (Å²) in [5, 5.41) is 2.08. The third-order valence-corrected chi connectivity index (χ3v) is 143. The van der Waals surface area contributed by atoms with E-state index in [1.807, 2.05) is 0 Å². The van der Waals surface area contributed by atoms with Crippen LogP contribution in [0.2, 0.25) is 30.2 Å². The zero-order chi connectivity index (χ0) is 25.0. The number of rotatable bonds is 0. The molecule has 1 heterocycles. The molecule has 0 unspecified atom stereocenters. The van der Waals surface area contributed by atoms with Gasteiger partial charge < -0.3 is 0 Å². The molecule has 1 rings (SSSR count). The molecule has 180 valence electrons. The monoisotopic (exact) mass is 612 g/mol. The molecule has 0 nitrogen and oxygen atoms in total. The minimum atomic E-state index is -1.94. The molecule has 30 heavy (non-hydrogen) atoms. The highest BCUT2D eigenvalue weighted by molar-refractivity contribution is 9.38. The molecule has 0 aliphatic carbocycles. The van der Waals surface area contributed by atoms with Crippen molar-refractivity contribution < 1.29 is 0 Å². The molecule has 0 saturated carbocycles. The fourth-order valence-corrected chi connectivity index (χ4v) is 270. The fraction of sp³-hybridized carbons (Fsp3) is 1.00. The average Bonchev–Trinajstić information content (AvgIpc) is 2.27. The molecule has 6 heteroatoms. The standard InChI is InChI=1S/C24H54Br2Si4/c1-19(2,3)27(20(4,5)6)29(25,23(13,14)15)28(21(7,8)9,22(10,11)12)30(27,26)24(16,17)18/h1-18H3. The van der Waals surface area contributed by atoms with Gasteiger partial charge >= 0.3 is 0 Å². The molecule has 0 spiro atoms. The molecule has 0 N–H and O–H groups in total. The largest absolute Gasteiger partial charge is 0.133 e. The summed E-state index contributed by atoms with van der Waals surface area (Å²) in [7, 11) is -3.81. The van der Waals surface area contributed by atoms with Gasteiger partial charge in [-0.25, -0.2) is 0 Å². The Morgan fingerprint density at radius 3 is 0.500 bits per heavy atom. The van der Waals surface area contributed by atoms with Gasteiger partial charge in [0.15, 0.2) is 0 Å². The van der Waals surface area contributed by atoms with E-state index in [2.05, 4.69) is 125 Å². The van der Waals surface area contributed by atoms with Gasteiger partial charge in [0.2, 0.25) is 0 Å². The smallest absolute Gasteiger partial charge is 0.119 e. The highest BCUT2D eigenvalue weighted by Crippen LogP contribution is 2.87. The number of hydrogen-bond donors (Lipinski definition) is 0. The van der Waals surface area contributed by atoms with Crippen LogP contribution in [0.5, 0.6) is 0 Å². The molecule has 0 radical (unpaired) electrons. The van der Waals surface area contributed by atoms with E-state index in [4.69, 9.17) is 30.6 Å². The maximum absolute atomic E-state index is 5.01. The summed E-state index contributed by atoms with van der Waals surface area (Å²) < 4.78 is 0. The summed E-state index contributed by atoms with van der Waals surface area (Å²) in [5.41, 5.74) is -3.88. The van der Waals surface area contributed by atoms with Gasteiger partial charge in [-0.1, -0.05) is 125 Å². The first-order valence-corrected chi connectivity index (χ1v) is 28.4. The highest BCUT2D eigenvalue weighted by atomic mass is 79.9. The second-order valence-corrected chi connectivity index (χ2v) is 70.9. The van der Waals surface area contributed by atoms with E-state index in [-0.39, 0.29) is 0 Å². The molecule has 0 aromatic rings. The summed E-state index contributed by atoms with van der Waals surface area (Å²) in [6.07, 6.45) is 0. The van der Waals surface area contributed by atoms with Gasteiger partial charge in [-0.3, -0.25) is 0 Å². The van der Waals surface area contributed by atoms with Crippen molar-refractivity contribution in [3.63, 3.8) is 0 Å². The van der Waals surface area contributed by atoms with E-state index in [1.165, 1.54) is 0 Å². The zero-order valence-corrected chi connectivity index (χ0v) is 30.9. The predicted octanol–water partition coefficient (Wildman–Crippen LogP) is 10.7. The summed E-state index contributed by atoms with van der Waals surface area (Å²) in [6.45, 7) is 47.4. The quantitative estimate of drug-likeness (QED) is 0.188. The Morgan fingerprint density at radius 2 is 0.433 bits per heavy atom. The zero-order valence-electron chi connectivity index (χ0n) is 23.8. The van der Waals surface area contributed by atoms with Gasteiger partial charge in [-0.2, -0.15) is 0 Å². The van der Waals surface area contributed by atoms with Crippen molar-refractivity contribution in [3.8, 4) is 0 Å². The van der Waals surface area contributed by atoms with Crippen LogP contribution in [0, 0.1) is 0 Å². The molecule has 0 bridgehead atoms. The second kappa shape index (κ2) is 7.17. The first-order valence-electron chi connectivity index (χ1n) is 11.9. The van der Waals surface area contributed by atoms with Gasteiger partial charge in [0, 0.05) is 0 Å². The van der Waals surface area contributed by atoms with Gasteiger partial charge in [0.25, 0.3) is 0 Å². The first-order chi connectivity index (χ1) is 12.5. The molecule has 0 atom stereocenters. The lowest BCUT2D eigenvalue weighted by molar-refractivity contribution is 0.601. The Kier molecular flexibility index (Phi) is 7.14. The summed E-state index contributed by atoms with van der Waals surface area (Å²) in [4.78, 5) is 0. The number of halogens is 2. The van der Waals surface area contributed by atoms with E-state index in [9.17, 15) is 0 Å². The minimum Gasteiger partial charge on any atom is -0.133 e. The van der Waals surface area contributed by atoms with Crippen molar-refractivity contribution in [1.29, 1.82) is 0 Å². The summed E-state index contributed by atoms with van der Waals surface area (Å²) in [5.74, 6) is 0. The fourth-order valence-electron chi connectivity index (χ4n) is 9.61. The Hall–Kier alpha value is 1.83. The van der Waals surface area contributed by atoms with Crippen molar-refractivity contribution in [1.82, 2.24) is 0 Å². The van der Waals surface area contributed by atoms with Crippen LogP contribution < -0.4 is 0 Å².